The van der Waals surface area contributed by atoms with E-state index in [1.807, 2.05) is 0 Å². The molecule has 3 aromatic rings. The minimum absolute atomic E-state index is 0.181. The molecule has 2 aromatic heterocycles. The van der Waals surface area contributed by atoms with Gasteiger partial charge in [0.15, 0.2) is 34.7 Å². The van der Waals surface area contributed by atoms with Crippen molar-refractivity contribution in [3.05, 3.63) is 42.0 Å². The number of benzene rings is 1. The number of rotatable bonds is 3. The highest BCUT2D eigenvalue weighted by Crippen LogP contribution is 2.20. The molecule has 0 fully saturated rings. The summed E-state index contributed by atoms with van der Waals surface area (Å²) in [5, 5.41) is 2.91. The number of aromatic amines is 1. The Hall–Kier alpha value is -3.21. The molecule has 0 saturated carbocycles. The molecule has 0 atom stereocenters. The van der Waals surface area contributed by atoms with Crippen molar-refractivity contribution in [1.82, 2.24) is 19.9 Å². The zero-order valence-electron chi connectivity index (χ0n) is 12.0. The Morgan fingerprint density at radius 2 is 2.04 bits per heavy atom. The van der Waals surface area contributed by atoms with Crippen LogP contribution in [0, 0.1) is 23.5 Å². The van der Waals surface area contributed by atoms with Crippen molar-refractivity contribution in [2.45, 2.75) is 0 Å². The molecule has 0 aliphatic carbocycles. The van der Waals surface area contributed by atoms with Crippen molar-refractivity contribution in [2.24, 2.45) is 0 Å². The van der Waals surface area contributed by atoms with Gasteiger partial charge in [-0.2, -0.15) is 0 Å². The minimum atomic E-state index is -0.774. The van der Waals surface area contributed by atoms with Crippen LogP contribution in [-0.2, 0) is 0 Å². The number of nitrogens with one attached hydrogen (secondary N) is 2. The molecule has 1 aromatic carbocycles. The number of para-hydroxylation sites is 1. The number of nitrogens with zero attached hydrogens (tertiary/aromatic N) is 3. The van der Waals surface area contributed by atoms with Crippen LogP contribution in [-0.4, -0.2) is 33.6 Å². The van der Waals surface area contributed by atoms with Gasteiger partial charge in [0, 0.05) is 7.05 Å². The predicted molar refractivity (Wildman–Crippen MR) is 80.0 cm³/mol. The first-order valence-electron chi connectivity index (χ1n) is 6.63. The SMILES string of the molecule is CNc1ncnc2nc(C#CCOc3c(F)cccc3F)[nH]c12. The van der Waals surface area contributed by atoms with Crippen molar-refractivity contribution in [3.8, 4) is 17.6 Å². The van der Waals surface area contributed by atoms with E-state index in [1.54, 1.807) is 7.05 Å². The summed E-state index contributed by atoms with van der Waals surface area (Å²) in [5.41, 5.74) is 1.09. The highest BCUT2D eigenvalue weighted by atomic mass is 19.1. The Balaban J connectivity index is 1.75. The maximum absolute atomic E-state index is 13.4. The van der Waals surface area contributed by atoms with Crippen LogP contribution in [0.4, 0.5) is 14.6 Å². The van der Waals surface area contributed by atoms with Gasteiger partial charge in [0.2, 0.25) is 0 Å². The Kier molecular flexibility index (Phi) is 4.01. The van der Waals surface area contributed by atoms with Gasteiger partial charge in [-0.05, 0) is 18.1 Å². The fourth-order valence-electron chi connectivity index (χ4n) is 1.93. The Bertz CT molecular complexity index is 893. The van der Waals surface area contributed by atoms with E-state index in [1.165, 1.54) is 12.4 Å². The zero-order valence-corrected chi connectivity index (χ0v) is 12.0. The largest absolute Gasteiger partial charge is 0.475 e. The molecule has 2 heterocycles. The highest BCUT2D eigenvalue weighted by molar-refractivity contribution is 5.82. The number of halogens is 2. The van der Waals surface area contributed by atoms with Gasteiger partial charge in [-0.15, -0.1) is 0 Å². The third-order valence-electron chi connectivity index (χ3n) is 2.94. The number of hydrogen-bond donors (Lipinski definition) is 2. The van der Waals surface area contributed by atoms with Crippen molar-refractivity contribution in [3.63, 3.8) is 0 Å². The Morgan fingerprint density at radius 3 is 2.78 bits per heavy atom. The van der Waals surface area contributed by atoms with Gasteiger partial charge in [0.25, 0.3) is 0 Å². The van der Waals surface area contributed by atoms with E-state index in [0.717, 1.165) is 12.1 Å². The van der Waals surface area contributed by atoms with Crippen LogP contribution in [0.3, 0.4) is 0 Å². The molecule has 0 unspecified atom stereocenters. The van der Waals surface area contributed by atoms with Crippen LogP contribution >= 0.6 is 0 Å². The molecule has 6 nitrogen and oxygen atoms in total. The molecule has 0 saturated heterocycles. The molecule has 2 N–H and O–H groups in total. The van der Waals surface area contributed by atoms with Gasteiger partial charge in [-0.1, -0.05) is 12.0 Å². The Labute approximate surface area is 129 Å². The molecule has 0 bridgehead atoms. The Morgan fingerprint density at radius 1 is 1.26 bits per heavy atom. The second-order valence-electron chi connectivity index (χ2n) is 4.40. The van der Waals surface area contributed by atoms with E-state index in [-0.39, 0.29) is 6.61 Å². The second-order valence-corrected chi connectivity index (χ2v) is 4.40. The zero-order chi connectivity index (χ0) is 16.2. The lowest BCUT2D eigenvalue weighted by Gasteiger charge is -2.03. The third kappa shape index (κ3) is 3.03. The van der Waals surface area contributed by atoms with Crippen LogP contribution in [0.5, 0.6) is 5.75 Å². The van der Waals surface area contributed by atoms with Crippen LogP contribution in [0.1, 0.15) is 5.82 Å². The van der Waals surface area contributed by atoms with Crippen molar-refractivity contribution in [1.29, 1.82) is 0 Å². The summed E-state index contributed by atoms with van der Waals surface area (Å²) in [6.07, 6.45) is 1.39. The predicted octanol–water partition coefficient (Wildman–Crippen LogP) is 2.10. The summed E-state index contributed by atoms with van der Waals surface area (Å²) in [5.74, 6) is 4.30. The fraction of sp³-hybridized carbons (Fsp3) is 0.133. The maximum atomic E-state index is 13.4. The lowest BCUT2D eigenvalue weighted by molar-refractivity contribution is 0.326. The van der Waals surface area contributed by atoms with E-state index in [9.17, 15) is 8.78 Å². The van der Waals surface area contributed by atoms with Crippen LogP contribution < -0.4 is 10.1 Å². The molecule has 0 spiro atoms. The lowest BCUT2D eigenvalue weighted by Crippen LogP contribution is -1.99. The summed E-state index contributed by atoms with van der Waals surface area (Å²) < 4.78 is 31.7. The number of fused-ring (bicyclic) bond motifs is 1. The molecule has 0 aliphatic heterocycles. The summed E-state index contributed by atoms with van der Waals surface area (Å²) in [4.78, 5) is 15.2. The van der Waals surface area contributed by atoms with Gasteiger partial charge in [-0.25, -0.2) is 23.7 Å². The number of ether oxygens (including phenoxy) is 1. The van der Waals surface area contributed by atoms with Crippen LogP contribution in [0.25, 0.3) is 11.2 Å². The molecule has 23 heavy (non-hydrogen) atoms. The summed E-state index contributed by atoms with van der Waals surface area (Å²) in [6, 6.07) is 3.49. The average molecular weight is 315 g/mol. The molecule has 0 amide bonds. The van der Waals surface area contributed by atoms with Gasteiger partial charge >= 0.3 is 0 Å². The molecular formula is C15H11F2N5O. The van der Waals surface area contributed by atoms with E-state index in [4.69, 9.17) is 4.74 Å². The topological polar surface area (TPSA) is 75.7 Å². The second kappa shape index (κ2) is 6.27. The van der Waals surface area contributed by atoms with Gasteiger partial charge in [-0.3, -0.25) is 0 Å². The van der Waals surface area contributed by atoms with Crippen LogP contribution in [0.2, 0.25) is 0 Å². The van der Waals surface area contributed by atoms with E-state index < -0.39 is 17.4 Å². The molecular weight excluding hydrogens is 304 g/mol. The normalized spacial score (nSPS) is 10.2. The number of imidazole rings is 1. The van der Waals surface area contributed by atoms with Crippen LogP contribution in [0.15, 0.2) is 24.5 Å². The average Bonchev–Trinajstić information content (AvgIpc) is 2.96. The molecule has 0 aliphatic rings. The monoisotopic (exact) mass is 315 g/mol. The molecule has 0 radical (unpaired) electrons. The van der Waals surface area contributed by atoms with Gasteiger partial charge in [0.05, 0.1) is 0 Å². The minimum Gasteiger partial charge on any atom is -0.475 e. The third-order valence-corrected chi connectivity index (χ3v) is 2.94. The number of anilines is 1. The highest BCUT2D eigenvalue weighted by Gasteiger charge is 2.09. The van der Waals surface area contributed by atoms with Gasteiger partial charge < -0.3 is 15.0 Å². The van der Waals surface area contributed by atoms with E-state index >= 15 is 0 Å². The number of aromatic nitrogens is 4. The molecule has 8 heteroatoms. The maximum Gasteiger partial charge on any atom is 0.191 e. The van der Waals surface area contributed by atoms with Crippen molar-refractivity contribution >= 4 is 17.0 Å². The first-order chi connectivity index (χ1) is 11.2. The fourth-order valence-corrected chi connectivity index (χ4v) is 1.93. The van der Waals surface area contributed by atoms with Crippen molar-refractivity contribution in [2.75, 3.05) is 19.0 Å². The quantitative estimate of drug-likeness (QED) is 0.724. The van der Waals surface area contributed by atoms with E-state index in [2.05, 4.69) is 37.1 Å². The lowest BCUT2D eigenvalue weighted by atomic mass is 10.3. The summed E-state index contributed by atoms with van der Waals surface area (Å²) >= 11 is 0. The first-order valence-corrected chi connectivity index (χ1v) is 6.63. The number of hydrogen-bond acceptors (Lipinski definition) is 5. The smallest absolute Gasteiger partial charge is 0.191 e. The van der Waals surface area contributed by atoms with E-state index in [0.29, 0.717) is 22.8 Å². The summed E-state index contributed by atoms with van der Waals surface area (Å²) in [6.45, 7) is -0.181. The number of H-pyrrole nitrogens is 1. The molecule has 116 valence electrons. The summed E-state index contributed by atoms with van der Waals surface area (Å²) in [7, 11) is 1.73. The molecule has 3 rings (SSSR count). The van der Waals surface area contributed by atoms with Gasteiger partial charge in [0.1, 0.15) is 18.5 Å². The van der Waals surface area contributed by atoms with Crippen molar-refractivity contribution < 1.29 is 13.5 Å². The first kappa shape index (κ1) is 14.7. The standard InChI is InChI=1S/C15H11F2N5O/c1-18-14-12-15(20-8-19-14)22-11(21-12)6-3-7-23-13-9(16)4-2-5-10(13)17/h2,4-5,8H,7H2,1H3,(H2,18,19,20,21,22).